The van der Waals surface area contributed by atoms with Gasteiger partial charge in [-0.3, -0.25) is 4.98 Å². The molecule has 1 aromatic rings. The number of hydrogen-bond acceptors (Lipinski definition) is 4. The van der Waals surface area contributed by atoms with Crippen molar-refractivity contribution < 1.29 is 9.53 Å². The van der Waals surface area contributed by atoms with E-state index in [4.69, 9.17) is 10.00 Å². The lowest BCUT2D eigenvalue weighted by Gasteiger charge is -1.99. The number of aromatic nitrogens is 1. The molecule has 0 aliphatic rings. The Balaban J connectivity index is 2.92. The average Bonchev–Trinajstić information content (AvgIpc) is 2.28. The van der Waals surface area contributed by atoms with Crippen LogP contribution in [0, 0.1) is 18.3 Å². The minimum Gasteiger partial charge on any atom is -0.462 e. The van der Waals surface area contributed by atoms with E-state index < -0.39 is 5.97 Å². The summed E-state index contributed by atoms with van der Waals surface area (Å²) in [5.74, 6) is -0.606. The summed E-state index contributed by atoms with van der Waals surface area (Å²) in [7, 11) is 0. The van der Waals surface area contributed by atoms with Crippen molar-refractivity contribution >= 4 is 12.0 Å². The molecule has 1 heterocycles. The van der Waals surface area contributed by atoms with Crippen LogP contribution >= 0.6 is 0 Å². The molecule has 0 saturated heterocycles. The maximum absolute atomic E-state index is 11.3. The number of nitriles is 1. The van der Waals surface area contributed by atoms with Crippen molar-refractivity contribution in [2.24, 2.45) is 0 Å². The molecule has 1 aromatic heterocycles. The Morgan fingerprint density at radius 3 is 2.88 bits per heavy atom. The number of hydrogen-bond donors (Lipinski definition) is 0. The second-order valence-electron chi connectivity index (χ2n) is 3.12. The molecule has 0 unspecified atom stereocenters. The van der Waals surface area contributed by atoms with E-state index in [1.54, 1.807) is 19.2 Å². The van der Waals surface area contributed by atoms with E-state index in [0.717, 1.165) is 5.69 Å². The van der Waals surface area contributed by atoms with E-state index in [1.165, 1.54) is 6.08 Å². The zero-order valence-corrected chi connectivity index (χ0v) is 9.23. The Hall–Kier alpha value is -2.15. The lowest BCUT2D eigenvalue weighted by molar-refractivity contribution is -0.137. The fraction of sp³-hybridized carbons (Fsp3) is 0.250. The molecule has 4 nitrogen and oxygen atoms in total. The van der Waals surface area contributed by atoms with E-state index in [9.17, 15) is 4.79 Å². The molecule has 0 saturated carbocycles. The molecular weight excluding hydrogens is 204 g/mol. The number of ether oxygens (including phenoxy) is 1. The maximum Gasteiger partial charge on any atom is 0.348 e. The highest BCUT2D eigenvalue weighted by Crippen LogP contribution is 2.07. The quantitative estimate of drug-likeness (QED) is 0.439. The number of esters is 1. The number of nitrogens with zero attached hydrogens (tertiary/aromatic N) is 2. The molecule has 1 rings (SSSR count). The molecule has 0 N–H and O–H groups in total. The maximum atomic E-state index is 11.3. The molecule has 82 valence electrons. The van der Waals surface area contributed by atoms with E-state index in [-0.39, 0.29) is 12.2 Å². The third-order valence-electron chi connectivity index (χ3n) is 1.86. The van der Waals surface area contributed by atoms with E-state index in [1.807, 2.05) is 19.1 Å². The average molecular weight is 216 g/mol. The minimum atomic E-state index is -0.606. The molecule has 0 amide bonds. The van der Waals surface area contributed by atoms with Gasteiger partial charge in [-0.25, -0.2) is 4.79 Å². The van der Waals surface area contributed by atoms with Crippen LogP contribution in [0.5, 0.6) is 0 Å². The fourth-order valence-corrected chi connectivity index (χ4v) is 1.08. The molecule has 0 radical (unpaired) electrons. The number of pyridine rings is 1. The van der Waals surface area contributed by atoms with Crippen LogP contribution in [-0.4, -0.2) is 17.6 Å². The smallest absolute Gasteiger partial charge is 0.348 e. The van der Waals surface area contributed by atoms with Crippen LogP contribution < -0.4 is 0 Å². The number of aryl methyl sites for hydroxylation is 1. The van der Waals surface area contributed by atoms with Crippen molar-refractivity contribution in [3.05, 3.63) is 35.2 Å². The Bertz CT molecular complexity index is 441. The number of rotatable bonds is 3. The summed E-state index contributed by atoms with van der Waals surface area (Å²) in [5, 5.41) is 8.80. The highest BCUT2D eigenvalue weighted by molar-refractivity contribution is 5.97. The molecular formula is C12H12N2O2. The van der Waals surface area contributed by atoms with Gasteiger partial charge in [0.15, 0.2) is 0 Å². The van der Waals surface area contributed by atoms with Crippen molar-refractivity contribution in [2.75, 3.05) is 6.61 Å². The standard InChI is InChI=1S/C12H12N2O2/c1-3-16-12(15)11(7-13)6-10-5-4-9(2)14-8-10/h4-6,8H,3H2,1-2H3/b11-6+. The van der Waals surface area contributed by atoms with Gasteiger partial charge in [0.2, 0.25) is 0 Å². The second kappa shape index (κ2) is 5.66. The minimum absolute atomic E-state index is 0.0208. The molecule has 0 atom stereocenters. The van der Waals surface area contributed by atoms with Crippen LogP contribution in [0.15, 0.2) is 23.9 Å². The van der Waals surface area contributed by atoms with E-state index in [0.29, 0.717) is 5.56 Å². The van der Waals surface area contributed by atoms with Crippen molar-refractivity contribution in [1.29, 1.82) is 5.26 Å². The molecule has 0 aliphatic heterocycles. The van der Waals surface area contributed by atoms with Gasteiger partial charge in [-0.05, 0) is 31.6 Å². The van der Waals surface area contributed by atoms with Crippen molar-refractivity contribution in [3.63, 3.8) is 0 Å². The highest BCUT2D eigenvalue weighted by atomic mass is 16.5. The van der Waals surface area contributed by atoms with Gasteiger partial charge < -0.3 is 4.74 Å². The Morgan fingerprint density at radius 2 is 2.38 bits per heavy atom. The van der Waals surface area contributed by atoms with Gasteiger partial charge in [0.05, 0.1) is 6.61 Å². The van der Waals surface area contributed by atoms with Crippen LogP contribution in [0.4, 0.5) is 0 Å². The van der Waals surface area contributed by atoms with Gasteiger partial charge in [-0.1, -0.05) is 6.07 Å². The van der Waals surface area contributed by atoms with Crippen LogP contribution in [0.2, 0.25) is 0 Å². The Labute approximate surface area is 94.2 Å². The summed E-state index contributed by atoms with van der Waals surface area (Å²) in [4.78, 5) is 15.4. The molecule has 4 heteroatoms. The third-order valence-corrected chi connectivity index (χ3v) is 1.86. The first-order valence-electron chi connectivity index (χ1n) is 4.89. The second-order valence-corrected chi connectivity index (χ2v) is 3.12. The molecule has 0 bridgehead atoms. The lowest BCUT2D eigenvalue weighted by atomic mass is 10.2. The topological polar surface area (TPSA) is 63.0 Å². The molecule has 0 fully saturated rings. The van der Waals surface area contributed by atoms with Gasteiger partial charge in [0.25, 0.3) is 0 Å². The first-order valence-corrected chi connectivity index (χ1v) is 4.89. The predicted molar refractivity (Wildman–Crippen MR) is 59.2 cm³/mol. The highest BCUT2D eigenvalue weighted by Gasteiger charge is 2.09. The van der Waals surface area contributed by atoms with Crippen molar-refractivity contribution in [3.8, 4) is 6.07 Å². The van der Waals surface area contributed by atoms with Crippen LogP contribution in [0.25, 0.3) is 6.08 Å². The third kappa shape index (κ3) is 3.21. The fourth-order valence-electron chi connectivity index (χ4n) is 1.08. The summed E-state index contributed by atoms with van der Waals surface area (Å²) in [5.41, 5.74) is 1.56. The van der Waals surface area contributed by atoms with Gasteiger partial charge >= 0.3 is 5.97 Å². The predicted octanol–water partition coefficient (Wildman–Crippen LogP) is 1.86. The van der Waals surface area contributed by atoms with Crippen molar-refractivity contribution in [1.82, 2.24) is 4.98 Å². The monoisotopic (exact) mass is 216 g/mol. The van der Waals surface area contributed by atoms with Gasteiger partial charge in [-0.15, -0.1) is 0 Å². The normalized spacial score (nSPS) is 10.7. The Kier molecular flexibility index (Phi) is 4.22. The molecule has 16 heavy (non-hydrogen) atoms. The summed E-state index contributed by atoms with van der Waals surface area (Å²) < 4.78 is 4.74. The largest absolute Gasteiger partial charge is 0.462 e. The van der Waals surface area contributed by atoms with Crippen LogP contribution in [0.1, 0.15) is 18.2 Å². The molecule has 0 spiro atoms. The van der Waals surface area contributed by atoms with E-state index >= 15 is 0 Å². The van der Waals surface area contributed by atoms with Gasteiger partial charge in [-0.2, -0.15) is 5.26 Å². The van der Waals surface area contributed by atoms with Crippen LogP contribution in [0.3, 0.4) is 0 Å². The lowest BCUT2D eigenvalue weighted by Crippen LogP contribution is -2.06. The summed E-state index contributed by atoms with van der Waals surface area (Å²) in [6.45, 7) is 3.81. The van der Waals surface area contributed by atoms with E-state index in [2.05, 4.69) is 4.98 Å². The zero-order chi connectivity index (χ0) is 12.0. The zero-order valence-electron chi connectivity index (χ0n) is 9.23. The number of carbonyl (C=O) groups is 1. The molecule has 0 aromatic carbocycles. The summed E-state index contributed by atoms with van der Waals surface area (Å²) in [6, 6.07) is 5.41. The van der Waals surface area contributed by atoms with Crippen molar-refractivity contribution in [2.45, 2.75) is 13.8 Å². The first-order chi connectivity index (χ1) is 7.67. The van der Waals surface area contributed by atoms with Crippen LogP contribution in [-0.2, 0) is 9.53 Å². The first kappa shape index (κ1) is 11.9. The van der Waals surface area contributed by atoms with Gasteiger partial charge in [0, 0.05) is 11.9 Å². The molecule has 0 aliphatic carbocycles. The number of carbonyl (C=O) groups excluding carboxylic acids is 1. The SMILES string of the molecule is CCOC(=O)/C(C#N)=C/c1ccc(C)nc1. The summed E-state index contributed by atoms with van der Waals surface area (Å²) >= 11 is 0. The Morgan fingerprint density at radius 1 is 1.62 bits per heavy atom. The summed E-state index contributed by atoms with van der Waals surface area (Å²) in [6.07, 6.45) is 3.07. The van der Waals surface area contributed by atoms with Gasteiger partial charge in [0.1, 0.15) is 11.6 Å².